The largest absolute Gasteiger partial charge is 0.497 e. The minimum Gasteiger partial charge on any atom is -0.497 e. The maximum Gasteiger partial charge on any atom is 0.255 e. The molecule has 0 radical (unpaired) electrons. The maximum atomic E-state index is 12.3. The lowest BCUT2D eigenvalue weighted by atomic mass is 10.1. The van der Waals surface area contributed by atoms with E-state index in [0.717, 1.165) is 5.56 Å². The minimum absolute atomic E-state index is 0.149. The third-order valence-electron chi connectivity index (χ3n) is 3.45. The quantitative estimate of drug-likeness (QED) is 0.787. The van der Waals surface area contributed by atoms with Crippen molar-refractivity contribution >= 4 is 11.6 Å². The molecule has 0 spiro atoms. The molecule has 2 aromatic carbocycles. The van der Waals surface area contributed by atoms with Gasteiger partial charge in [-0.3, -0.25) is 9.48 Å². The van der Waals surface area contributed by atoms with Crippen LogP contribution in [-0.4, -0.2) is 22.8 Å². The van der Waals surface area contributed by atoms with Crippen molar-refractivity contribution in [3.63, 3.8) is 0 Å². The van der Waals surface area contributed by atoms with Gasteiger partial charge in [0.15, 0.2) is 0 Å². The van der Waals surface area contributed by atoms with Crippen molar-refractivity contribution in [3.05, 3.63) is 78.1 Å². The summed E-state index contributed by atoms with van der Waals surface area (Å²) in [6, 6.07) is 16.7. The molecule has 0 saturated carbocycles. The van der Waals surface area contributed by atoms with Crippen molar-refractivity contribution in [1.29, 1.82) is 0 Å². The fourth-order valence-corrected chi connectivity index (χ4v) is 2.25. The average molecular weight is 307 g/mol. The SMILES string of the molecule is COc1cccc(NC(=O)c2ccc(Cn3cccn3)cc2)c1. The Morgan fingerprint density at radius 3 is 2.70 bits per heavy atom. The van der Waals surface area contributed by atoms with Gasteiger partial charge in [0, 0.05) is 29.7 Å². The zero-order valence-electron chi connectivity index (χ0n) is 12.8. The van der Waals surface area contributed by atoms with E-state index in [1.165, 1.54) is 0 Å². The highest BCUT2D eigenvalue weighted by atomic mass is 16.5. The molecule has 0 saturated heterocycles. The molecule has 116 valence electrons. The molecule has 1 amide bonds. The van der Waals surface area contributed by atoms with Crippen LogP contribution in [-0.2, 0) is 6.54 Å². The molecule has 1 N–H and O–H groups in total. The summed E-state index contributed by atoms with van der Waals surface area (Å²) in [5.41, 5.74) is 2.40. The predicted molar refractivity (Wildman–Crippen MR) is 88.7 cm³/mol. The van der Waals surface area contributed by atoms with Crippen molar-refractivity contribution in [2.45, 2.75) is 6.54 Å². The highest BCUT2D eigenvalue weighted by Crippen LogP contribution is 2.17. The van der Waals surface area contributed by atoms with E-state index < -0.39 is 0 Å². The molecule has 3 aromatic rings. The normalized spacial score (nSPS) is 10.3. The fraction of sp³-hybridized carbons (Fsp3) is 0.111. The second kappa shape index (κ2) is 6.79. The summed E-state index contributed by atoms with van der Waals surface area (Å²) in [7, 11) is 1.60. The molecule has 0 atom stereocenters. The number of aromatic nitrogens is 2. The Labute approximate surface area is 134 Å². The molecule has 0 fully saturated rings. The summed E-state index contributed by atoms with van der Waals surface area (Å²) >= 11 is 0. The number of anilines is 1. The Balaban J connectivity index is 1.67. The number of hydrogen-bond acceptors (Lipinski definition) is 3. The smallest absolute Gasteiger partial charge is 0.255 e. The topological polar surface area (TPSA) is 56.1 Å². The number of amides is 1. The summed E-state index contributed by atoms with van der Waals surface area (Å²) < 4.78 is 6.99. The zero-order valence-corrected chi connectivity index (χ0v) is 12.8. The number of carbonyl (C=O) groups excluding carboxylic acids is 1. The monoisotopic (exact) mass is 307 g/mol. The van der Waals surface area contributed by atoms with E-state index >= 15 is 0 Å². The number of benzene rings is 2. The van der Waals surface area contributed by atoms with Gasteiger partial charge in [0.1, 0.15) is 5.75 Å². The number of methoxy groups -OCH3 is 1. The Bertz CT molecular complexity index is 780. The van der Waals surface area contributed by atoms with Crippen LogP contribution < -0.4 is 10.1 Å². The van der Waals surface area contributed by atoms with Gasteiger partial charge in [0.25, 0.3) is 5.91 Å². The molecule has 0 aliphatic carbocycles. The third kappa shape index (κ3) is 3.77. The molecular formula is C18H17N3O2. The van der Waals surface area contributed by atoms with Crippen LogP contribution in [0.1, 0.15) is 15.9 Å². The molecule has 1 aromatic heterocycles. The van der Waals surface area contributed by atoms with Gasteiger partial charge in [-0.05, 0) is 35.9 Å². The summed E-state index contributed by atoms with van der Waals surface area (Å²) in [6.45, 7) is 0.685. The molecule has 0 aliphatic rings. The van der Waals surface area contributed by atoms with Crippen LogP contribution in [0.2, 0.25) is 0 Å². The zero-order chi connectivity index (χ0) is 16.1. The van der Waals surface area contributed by atoms with E-state index in [2.05, 4.69) is 10.4 Å². The van der Waals surface area contributed by atoms with Gasteiger partial charge in [-0.15, -0.1) is 0 Å². The van der Waals surface area contributed by atoms with Crippen LogP contribution in [0.25, 0.3) is 0 Å². The van der Waals surface area contributed by atoms with Crippen LogP contribution in [0, 0.1) is 0 Å². The van der Waals surface area contributed by atoms with Gasteiger partial charge in [-0.1, -0.05) is 18.2 Å². The lowest BCUT2D eigenvalue weighted by Crippen LogP contribution is -2.12. The van der Waals surface area contributed by atoms with E-state index in [9.17, 15) is 4.79 Å². The second-order valence-corrected chi connectivity index (χ2v) is 5.09. The number of nitrogens with one attached hydrogen (secondary N) is 1. The molecule has 5 nitrogen and oxygen atoms in total. The lowest BCUT2D eigenvalue weighted by molar-refractivity contribution is 0.102. The molecule has 1 heterocycles. The number of carbonyl (C=O) groups is 1. The summed E-state index contributed by atoms with van der Waals surface area (Å²) in [5, 5.41) is 7.03. The van der Waals surface area contributed by atoms with E-state index in [0.29, 0.717) is 23.5 Å². The van der Waals surface area contributed by atoms with Crippen LogP contribution in [0.4, 0.5) is 5.69 Å². The number of hydrogen-bond donors (Lipinski definition) is 1. The van der Waals surface area contributed by atoms with E-state index in [1.54, 1.807) is 19.4 Å². The standard InChI is InChI=1S/C18H17N3O2/c1-23-17-5-2-4-16(12-17)20-18(22)15-8-6-14(7-9-15)13-21-11-3-10-19-21/h2-12H,13H2,1H3,(H,20,22). The first-order valence-corrected chi connectivity index (χ1v) is 7.26. The van der Waals surface area contributed by atoms with Crippen molar-refractivity contribution < 1.29 is 9.53 Å². The number of rotatable bonds is 5. The molecular weight excluding hydrogens is 290 g/mol. The Morgan fingerprint density at radius 1 is 1.17 bits per heavy atom. The fourth-order valence-electron chi connectivity index (χ4n) is 2.25. The Kier molecular flexibility index (Phi) is 4.38. The Morgan fingerprint density at radius 2 is 2.00 bits per heavy atom. The van der Waals surface area contributed by atoms with Crippen LogP contribution in [0.5, 0.6) is 5.75 Å². The molecule has 0 bridgehead atoms. The van der Waals surface area contributed by atoms with Crippen LogP contribution >= 0.6 is 0 Å². The lowest BCUT2D eigenvalue weighted by Gasteiger charge is -2.08. The summed E-state index contributed by atoms with van der Waals surface area (Å²) in [5.74, 6) is 0.557. The highest BCUT2D eigenvalue weighted by Gasteiger charge is 2.07. The van der Waals surface area contributed by atoms with Crippen LogP contribution in [0.15, 0.2) is 67.0 Å². The van der Waals surface area contributed by atoms with Gasteiger partial charge in [0.2, 0.25) is 0 Å². The molecule has 3 rings (SSSR count). The number of ether oxygens (including phenoxy) is 1. The average Bonchev–Trinajstić information content (AvgIpc) is 3.08. The predicted octanol–water partition coefficient (Wildman–Crippen LogP) is 3.19. The maximum absolute atomic E-state index is 12.3. The van der Waals surface area contributed by atoms with Crippen molar-refractivity contribution in [2.75, 3.05) is 12.4 Å². The van der Waals surface area contributed by atoms with Crippen molar-refractivity contribution in [2.24, 2.45) is 0 Å². The van der Waals surface area contributed by atoms with Crippen molar-refractivity contribution in [3.8, 4) is 5.75 Å². The van der Waals surface area contributed by atoms with Crippen LogP contribution in [0.3, 0.4) is 0 Å². The molecule has 0 aliphatic heterocycles. The summed E-state index contributed by atoms with van der Waals surface area (Å²) in [4.78, 5) is 12.3. The minimum atomic E-state index is -0.149. The highest BCUT2D eigenvalue weighted by molar-refractivity contribution is 6.04. The second-order valence-electron chi connectivity index (χ2n) is 5.09. The third-order valence-corrected chi connectivity index (χ3v) is 3.45. The first-order valence-electron chi connectivity index (χ1n) is 7.26. The van der Waals surface area contributed by atoms with E-state index in [4.69, 9.17) is 4.74 Å². The van der Waals surface area contributed by atoms with E-state index in [-0.39, 0.29) is 5.91 Å². The van der Waals surface area contributed by atoms with Gasteiger partial charge >= 0.3 is 0 Å². The molecule has 23 heavy (non-hydrogen) atoms. The van der Waals surface area contributed by atoms with Crippen molar-refractivity contribution in [1.82, 2.24) is 9.78 Å². The molecule has 5 heteroatoms. The first-order chi connectivity index (χ1) is 11.2. The van der Waals surface area contributed by atoms with Gasteiger partial charge in [-0.25, -0.2) is 0 Å². The number of nitrogens with zero attached hydrogens (tertiary/aromatic N) is 2. The Hall–Kier alpha value is -3.08. The van der Waals surface area contributed by atoms with E-state index in [1.807, 2.05) is 59.4 Å². The summed E-state index contributed by atoms with van der Waals surface area (Å²) in [6.07, 6.45) is 3.65. The first kappa shape index (κ1) is 14.8. The van der Waals surface area contributed by atoms with Gasteiger partial charge < -0.3 is 10.1 Å². The van der Waals surface area contributed by atoms with Gasteiger partial charge in [0.05, 0.1) is 13.7 Å². The molecule has 0 unspecified atom stereocenters. The van der Waals surface area contributed by atoms with Gasteiger partial charge in [-0.2, -0.15) is 5.10 Å².